The quantitative estimate of drug-likeness (QED) is 0.335. The fourth-order valence-corrected chi connectivity index (χ4v) is 2.27. The molecule has 0 saturated carbocycles. The van der Waals surface area contributed by atoms with Gasteiger partial charge in [0.2, 0.25) is 0 Å². The van der Waals surface area contributed by atoms with E-state index >= 15 is 0 Å². The van der Waals surface area contributed by atoms with Crippen molar-refractivity contribution >= 4 is 22.7 Å². The summed E-state index contributed by atoms with van der Waals surface area (Å²) in [5, 5.41) is 0. The molecule has 0 amide bonds. The van der Waals surface area contributed by atoms with Crippen LogP contribution in [0.5, 0.6) is 0 Å². The third kappa shape index (κ3) is 7.41. The summed E-state index contributed by atoms with van der Waals surface area (Å²) in [6.07, 6.45) is 2.81. The normalized spacial score (nSPS) is 11.2. The second-order valence-corrected chi connectivity index (χ2v) is 4.58. The Morgan fingerprint density at radius 3 is 1.15 bits per heavy atom. The molecule has 6 heteroatoms. The number of ketones is 2. The molecule has 1 aliphatic rings. The van der Waals surface area contributed by atoms with Crippen LogP contribution in [0, 0.1) is 20.0 Å². The number of hydrogen-bond acceptors (Lipinski definition) is 2. The summed E-state index contributed by atoms with van der Waals surface area (Å²) < 4.78 is 22.5. The smallest absolute Gasteiger partial charge is 0 e. The van der Waals surface area contributed by atoms with Gasteiger partial charge in [-0.25, -0.2) is 0 Å². The van der Waals surface area contributed by atoms with Crippen LogP contribution in [0.2, 0.25) is 0 Å². The maximum Gasteiger partial charge on any atom is 0 e. The van der Waals surface area contributed by atoms with E-state index in [0.29, 0.717) is 11.1 Å². The Hall–Kier alpha value is -3.00. The van der Waals surface area contributed by atoms with Crippen molar-refractivity contribution in [1.29, 1.82) is 0 Å². The second kappa shape index (κ2) is 15.3. The summed E-state index contributed by atoms with van der Waals surface area (Å²) in [6.45, 7) is 13.5. The third-order valence-electron chi connectivity index (χ3n) is 3.23. The molecular weight excluding hydrogens is 388 g/mol. The fourth-order valence-electron chi connectivity index (χ4n) is 2.27. The molecule has 5 nitrogen and oxygen atoms in total. The van der Waals surface area contributed by atoms with E-state index < -0.39 is 0 Å². The van der Waals surface area contributed by atoms with Crippen molar-refractivity contribution in [3.8, 4) is 0 Å². The van der Waals surface area contributed by atoms with Crippen LogP contribution >= 0.6 is 0 Å². The van der Waals surface area contributed by atoms with Gasteiger partial charge in [-0.2, -0.15) is 0 Å². The first-order chi connectivity index (χ1) is 12.8. The first-order valence-corrected chi connectivity index (χ1v) is 7.00. The van der Waals surface area contributed by atoms with Gasteiger partial charge in [-0.1, -0.05) is 60.7 Å². The Morgan fingerprint density at radius 2 is 0.852 bits per heavy atom. The van der Waals surface area contributed by atoms with Crippen LogP contribution in [0.15, 0.2) is 72.8 Å². The molecule has 0 radical (unpaired) electrons. The minimum Gasteiger partial charge on any atom is 0 e. The number of carbonyl (C=O) groups is 2. The SMILES string of the molecule is O=C1C=C(c2ccccc2)C(=O)C(c2ccccc2)=C1.[C-]#[O+].[C-]#[O+].[C-]#[O+].[Fe]. The number of Topliss-reactive ketones (excluding diaryl/α,β-unsaturated/α-hetero) is 1. The van der Waals surface area contributed by atoms with E-state index in [4.69, 9.17) is 14.0 Å². The zero-order chi connectivity index (χ0) is 19.9. The Kier molecular flexibility index (Phi) is 14.8. The number of carbonyl (C=O) groups excluding carboxylic acids is 2. The van der Waals surface area contributed by atoms with E-state index in [9.17, 15) is 9.59 Å². The average molecular weight is 400 g/mol. The first-order valence-electron chi connectivity index (χ1n) is 7.00. The molecule has 0 aromatic heterocycles. The maximum absolute atomic E-state index is 12.6. The summed E-state index contributed by atoms with van der Waals surface area (Å²) in [6, 6.07) is 18.5. The van der Waals surface area contributed by atoms with Crippen molar-refractivity contribution in [1.82, 2.24) is 0 Å². The van der Waals surface area contributed by atoms with E-state index in [1.54, 1.807) is 0 Å². The molecular formula is C21H12FeO5. The maximum atomic E-state index is 12.6. The van der Waals surface area contributed by atoms with Crippen LogP contribution in [0.25, 0.3) is 11.1 Å². The van der Waals surface area contributed by atoms with Crippen LogP contribution in [-0.4, -0.2) is 11.6 Å². The van der Waals surface area contributed by atoms with Crippen molar-refractivity contribution in [3.63, 3.8) is 0 Å². The molecule has 0 bridgehead atoms. The van der Waals surface area contributed by atoms with Crippen molar-refractivity contribution in [2.24, 2.45) is 0 Å². The van der Waals surface area contributed by atoms with Gasteiger partial charge in [0, 0.05) is 28.2 Å². The van der Waals surface area contributed by atoms with Gasteiger partial charge in [-0.15, -0.1) is 0 Å². The van der Waals surface area contributed by atoms with Gasteiger partial charge in [0.15, 0.2) is 11.6 Å². The number of benzene rings is 2. The number of rotatable bonds is 2. The van der Waals surface area contributed by atoms with E-state index in [-0.39, 0.29) is 28.6 Å². The molecule has 1 aliphatic carbocycles. The zero-order valence-electron chi connectivity index (χ0n) is 13.8. The van der Waals surface area contributed by atoms with Crippen molar-refractivity contribution < 1.29 is 40.6 Å². The van der Waals surface area contributed by atoms with Gasteiger partial charge < -0.3 is 0 Å². The molecule has 2 aromatic rings. The molecule has 134 valence electrons. The van der Waals surface area contributed by atoms with Gasteiger partial charge in [0.25, 0.3) is 0 Å². The molecule has 27 heavy (non-hydrogen) atoms. The minimum absolute atomic E-state index is 0. The van der Waals surface area contributed by atoms with Crippen LogP contribution < -0.4 is 0 Å². The summed E-state index contributed by atoms with van der Waals surface area (Å²) >= 11 is 0. The molecule has 0 N–H and O–H groups in total. The predicted molar refractivity (Wildman–Crippen MR) is 90.6 cm³/mol. The first kappa shape index (κ1) is 26.2. The minimum atomic E-state index is -0.151. The van der Waals surface area contributed by atoms with E-state index in [2.05, 4.69) is 20.0 Å². The molecule has 0 atom stereocenters. The number of hydrogen-bond donors (Lipinski definition) is 0. The third-order valence-corrected chi connectivity index (χ3v) is 3.23. The van der Waals surface area contributed by atoms with E-state index in [1.165, 1.54) is 12.2 Å². The molecule has 3 rings (SSSR count). The average Bonchev–Trinajstić information content (AvgIpc) is 2.75. The van der Waals surface area contributed by atoms with E-state index in [0.717, 1.165) is 11.1 Å². The molecule has 0 heterocycles. The Labute approximate surface area is 167 Å². The van der Waals surface area contributed by atoms with Gasteiger partial charge in [0.05, 0.1) is 0 Å². The molecule has 0 fully saturated rings. The predicted octanol–water partition coefficient (Wildman–Crippen LogP) is 3.19. The monoisotopic (exact) mass is 400 g/mol. The fraction of sp³-hybridized carbons (Fsp3) is 0. The van der Waals surface area contributed by atoms with Crippen molar-refractivity contribution in [3.05, 3.63) is 104 Å². The molecule has 0 aliphatic heterocycles. The van der Waals surface area contributed by atoms with Gasteiger partial charge >= 0.3 is 33.9 Å². The van der Waals surface area contributed by atoms with Crippen LogP contribution in [0.4, 0.5) is 0 Å². The Bertz CT molecular complexity index is 784. The van der Waals surface area contributed by atoms with Crippen LogP contribution in [-0.2, 0) is 40.6 Å². The Balaban J connectivity index is 0. The summed E-state index contributed by atoms with van der Waals surface area (Å²) in [5.41, 5.74) is 2.45. The summed E-state index contributed by atoms with van der Waals surface area (Å²) in [7, 11) is 0. The standard InChI is InChI=1S/C18H12O2.3CO.Fe/c19-15-11-16(13-7-3-1-4-8-13)18(20)17(12-15)14-9-5-2-6-10-14;3*1-2;/h1-12H;;;;. The summed E-state index contributed by atoms with van der Waals surface area (Å²) in [4.78, 5) is 24.5. The molecule has 0 unspecified atom stereocenters. The summed E-state index contributed by atoms with van der Waals surface area (Å²) in [5.74, 6) is -0.260. The molecule has 2 aromatic carbocycles. The molecule has 0 spiro atoms. The zero-order valence-corrected chi connectivity index (χ0v) is 14.9. The molecule has 0 saturated heterocycles. The number of allylic oxidation sites excluding steroid dienone is 4. The van der Waals surface area contributed by atoms with Gasteiger partial charge in [-0.05, 0) is 23.3 Å². The van der Waals surface area contributed by atoms with Crippen molar-refractivity contribution in [2.75, 3.05) is 0 Å². The Morgan fingerprint density at radius 1 is 0.556 bits per heavy atom. The second-order valence-electron chi connectivity index (χ2n) is 4.58. The van der Waals surface area contributed by atoms with Crippen LogP contribution in [0.3, 0.4) is 0 Å². The topological polar surface area (TPSA) is 93.8 Å². The van der Waals surface area contributed by atoms with Crippen LogP contribution in [0.1, 0.15) is 11.1 Å². The largest absolute Gasteiger partial charge is 0 e. The van der Waals surface area contributed by atoms with Gasteiger partial charge in [-0.3, -0.25) is 9.59 Å². The van der Waals surface area contributed by atoms with Crippen molar-refractivity contribution in [2.45, 2.75) is 0 Å². The van der Waals surface area contributed by atoms with E-state index in [1.807, 2.05) is 60.7 Å². The van der Waals surface area contributed by atoms with Gasteiger partial charge in [0.1, 0.15) is 0 Å².